The molecule has 56 valence electrons. The van der Waals surface area contributed by atoms with Gasteiger partial charge in [-0.25, -0.2) is 0 Å². The maximum atomic E-state index is 2.25. The third kappa shape index (κ3) is 8.31. The highest BCUT2D eigenvalue weighted by Crippen LogP contribution is 2.20. The maximum Gasteiger partial charge on any atom is 0.0129 e. The van der Waals surface area contributed by atoms with Gasteiger partial charge in [0.2, 0.25) is 0 Å². The Labute approximate surface area is 62.9 Å². The van der Waals surface area contributed by atoms with Gasteiger partial charge < -0.3 is 0 Å². The molecule has 0 bridgehead atoms. The lowest BCUT2D eigenvalue weighted by Gasteiger charge is -2.19. The van der Waals surface area contributed by atoms with Crippen LogP contribution in [-0.4, -0.2) is 24.2 Å². The molecule has 9 heavy (non-hydrogen) atoms. The van der Waals surface area contributed by atoms with Crippen LogP contribution in [0.25, 0.3) is 0 Å². The van der Waals surface area contributed by atoms with Gasteiger partial charge in [0.15, 0.2) is 0 Å². The second-order valence-electron chi connectivity index (χ2n) is 3.65. The quantitative estimate of drug-likeness (QED) is 0.551. The third-order valence-electron chi connectivity index (χ3n) is 0.756. The molecular formula is C7H17NS. The molecule has 1 nitrogen and oxygen atoms in total. The number of hydrogen-bond acceptors (Lipinski definition) is 2. The molecule has 0 atom stereocenters. The zero-order valence-corrected chi connectivity index (χ0v) is 7.88. The fourth-order valence-corrected chi connectivity index (χ4v) is 0.968. The van der Waals surface area contributed by atoms with Crippen molar-refractivity contribution in [2.24, 2.45) is 5.41 Å². The van der Waals surface area contributed by atoms with Crippen LogP contribution in [0, 0.1) is 5.41 Å². The van der Waals surface area contributed by atoms with Gasteiger partial charge in [-0.15, -0.1) is 0 Å². The standard InChI is InChI=1S/C7H17NS/c1-7(2,3)6-9-8(4)5/h6H2,1-5H3. The second kappa shape index (κ2) is 3.47. The number of hydrogen-bond donors (Lipinski definition) is 0. The van der Waals surface area contributed by atoms with Crippen LogP contribution in [0.15, 0.2) is 0 Å². The first-order chi connectivity index (χ1) is 3.92. The van der Waals surface area contributed by atoms with Gasteiger partial charge in [0, 0.05) is 5.75 Å². The van der Waals surface area contributed by atoms with Gasteiger partial charge in [-0.3, -0.25) is 4.31 Å². The van der Waals surface area contributed by atoms with Crippen molar-refractivity contribution >= 4 is 11.9 Å². The van der Waals surface area contributed by atoms with Crippen LogP contribution in [0.2, 0.25) is 0 Å². The fraction of sp³-hybridized carbons (Fsp3) is 1.00. The Morgan fingerprint density at radius 3 is 1.78 bits per heavy atom. The van der Waals surface area contributed by atoms with E-state index in [9.17, 15) is 0 Å². The van der Waals surface area contributed by atoms with E-state index in [0.717, 1.165) is 0 Å². The Bertz CT molecular complexity index is 73.5. The molecule has 0 aliphatic heterocycles. The highest BCUT2D eigenvalue weighted by molar-refractivity contribution is 7.97. The predicted octanol–water partition coefficient (Wildman–Crippen LogP) is 2.24. The lowest BCUT2D eigenvalue weighted by molar-refractivity contribution is 0.475. The van der Waals surface area contributed by atoms with Crippen molar-refractivity contribution in [2.75, 3.05) is 19.8 Å². The Balaban J connectivity index is 3.28. The smallest absolute Gasteiger partial charge is 0.0129 e. The summed E-state index contributed by atoms with van der Waals surface area (Å²) < 4.78 is 2.14. The van der Waals surface area contributed by atoms with Crippen LogP contribution in [0.1, 0.15) is 20.8 Å². The summed E-state index contributed by atoms with van der Waals surface area (Å²) >= 11 is 1.87. The molecule has 0 aromatic heterocycles. The molecule has 0 rings (SSSR count). The minimum absolute atomic E-state index is 0.453. The minimum Gasteiger partial charge on any atom is -0.257 e. The van der Waals surface area contributed by atoms with E-state index >= 15 is 0 Å². The lowest BCUT2D eigenvalue weighted by atomic mass is 10.0. The molecule has 0 aromatic rings. The molecule has 2 heteroatoms. The van der Waals surface area contributed by atoms with Crippen LogP contribution in [-0.2, 0) is 0 Å². The highest BCUT2D eigenvalue weighted by Gasteiger charge is 2.09. The van der Waals surface area contributed by atoms with Gasteiger partial charge >= 0.3 is 0 Å². The summed E-state index contributed by atoms with van der Waals surface area (Å²) in [5.74, 6) is 1.19. The van der Waals surface area contributed by atoms with Crippen molar-refractivity contribution in [3.05, 3.63) is 0 Å². The van der Waals surface area contributed by atoms with Crippen LogP contribution in [0.3, 0.4) is 0 Å². The molecule has 0 unspecified atom stereocenters. The van der Waals surface area contributed by atoms with Gasteiger partial charge in [-0.1, -0.05) is 32.7 Å². The Kier molecular flexibility index (Phi) is 3.59. The molecule has 0 saturated carbocycles. The van der Waals surface area contributed by atoms with Crippen molar-refractivity contribution in [2.45, 2.75) is 20.8 Å². The van der Waals surface area contributed by atoms with Gasteiger partial charge in [0.1, 0.15) is 0 Å². The van der Waals surface area contributed by atoms with Crippen molar-refractivity contribution in [1.82, 2.24) is 4.31 Å². The molecule has 0 spiro atoms. The summed E-state index contributed by atoms with van der Waals surface area (Å²) in [6.07, 6.45) is 0. The summed E-state index contributed by atoms with van der Waals surface area (Å²) in [7, 11) is 4.16. The summed E-state index contributed by atoms with van der Waals surface area (Å²) in [5.41, 5.74) is 0.453. The average molecular weight is 147 g/mol. The molecule has 0 heterocycles. The van der Waals surface area contributed by atoms with Crippen LogP contribution in [0.4, 0.5) is 0 Å². The SMILES string of the molecule is CN(C)SCC(C)(C)C. The molecule has 0 N–H and O–H groups in total. The molecule has 0 saturated heterocycles. The van der Waals surface area contributed by atoms with Crippen molar-refractivity contribution in [1.29, 1.82) is 0 Å². The van der Waals surface area contributed by atoms with E-state index in [1.54, 1.807) is 0 Å². The van der Waals surface area contributed by atoms with Crippen molar-refractivity contribution in [3.63, 3.8) is 0 Å². The van der Waals surface area contributed by atoms with Crippen molar-refractivity contribution < 1.29 is 0 Å². The minimum atomic E-state index is 0.453. The molecule has 0 fully saturated rings. The summed E-state index contributed by atoms with van der Waals surface area (Å²) in [6, 6.07) is 0. The molecule has 0 aromatic carbocycles. The summed E-state index contributed by atoms with van der Waals surface area (Å²) in [4.78, 5) is 0. The van der Waals surface area contributed by atoms with Gasteiger partial charge in [0.05, 0.1) is 0 Å². The topological polar surface area (TPSA) is 3.24 Å². The largest absolute Gasteiger partial charge is 0.257 e. The normalized spacial score (nSPS) is 12.7. The van der Waals surface area contributed by atoms with E-state index in [4.69, 9.17) is 0 Å². The fourth-order valence-electron chi connectivity index (χ4n) is 0.323. The van der Waals surface area contributed by atoms with Crippen molar-refractivity contribution in [3.8, 4) is 0 Å². The third-order valence-corrected chi connectivity index (χ3v) is 2.27. The number of rotatable bonds is 2. The lowest BCUT2D eigenvalue weighted by Crippen LogP contribution is -2.12. The zero-order chi connectivity index (χ0) is 7.49. The molecular weight excluding hydrogens is 130 g/mol. The zero-order valence-electron chi connectivity index (χ0n) is 7.06. The van der Waals surface area contributed by atoms with E-state index in [1.165, 1.54) is 5.75 Å². The monoisotopic (exact) mass is 147 g/mol. The van der Waals surface area contributed by atoms with E-state index in [0.29, 0.717) is 5.41 Å². The molecule has 0 amide bonds. The molecule has 0 aliphatic rings. The number of nitrogens with zero attached hydrogens (tertiary/aromatic N) is 1. The first kappa shape index (κ1) is 9.31. The van der Waals surface area contributed by atoms with Gasteiger partial charge in [-0.05, 0) is 19.5 Å². The Hall–Kier alpha value is 0.310. The Morgan fingerprint density at radius 2 is 1.67 bits per heavy atom. The summed E-state index contributed by atoms with van der Waals surface area (Å²) in [6.45, 7) is 6.76. The van der Waals surface area contributed by atoms with E-state index in [2.05, 4.69) is 39.2 Å². The Morgan fingerprint density at radius 1 is 1.22 bits per heavy atom. The molecule has 0 aliphatic carbocycles. The maximum absolute atomic E-state index is 2.25. The van der Waals surface area contributed by atoms with Crippen LogP contribution < -0.4 is 0 Å². The first-order valence-electron chi connectivity index (χ1n) is 3.22. The average Bonchev–Trinajstić information content (AvgIpc) is 1.59. The van der Waals surface area contributed by atoms with E-state index in [1.807, 2.05) is 11.9 Å². The van der Waals surface area contributed by atoms with Gasteiger partial charge in [0.25, 0.3) is 0 Å². The predicted molar refractivity (Wildman–Crippen MR) is 45.6 cm³/mol. The molecule has 0 radical (unpaired) electrons. The van der Waals surface area contributed by atoms with E-state index < -0.39 is 0 Å². The second-order valence-corrected chi connectivity index (χ2v) is 4.92. The first-order valence-corrected chi connectivity index (χ1v) is 4.16. The van der Waals surface area contributed by atoms with E-state index in [-0.39, 0.29) is 0 Å². The van der Waals surface area contributed by atoms with Crippen LogP contribution >= 0.6 is 11.9 Å². The van der Waals surface area contributed by atoms with Crippen LogP contribution in [0.5, 0.6) is 0 Å². The van der Waals surface area contributed by atoms with Gasteiger partial charge in [-0.2, -0.15) is 0 Å². The summed E-state index contributed by atoms with van der Waals surface area (Å²) in [5, 5.41) is 0. The highest BCUT2D eigenvalue weighted by atomic mass is 32.2.